The summed E-state index contributed by atoms with van der Waals surface area (Å²) in [5.74, 6) is -0.497. The summed E-state index contributed by atoms with van der Waals surface area (Å²) in [6.07, 6.45) is -2.33. The van der Waals surface area contributed by atoms with Crippen molar-refractivity contribution in [3.8, 4) is 0 Å². The second-order valence-corrected chi connectivity index (χ2v) is 3.39. The highest BCUT2D eigenvalue weighted by Gasteiger charge is 2.28. The lowest BCUT2D eigenvalue weighted by Gasteiger charge is -2.16. The highest BCUT2D eigenvalue weighted by atomic mass is 19.4. The fraction of sp³-hybridized carbons (Fsp3) is 0.700. The van der Waals surface area contributed by atoms with Gasteiger partial charge in [-0.1, -0.05) is 13.0 Å². The number of ether oxygens (including phenoxy) is 1. The van der Waals surface area contributed by atoms with E-state index in [4.69, 9.17) is 0 Å². The lowest BCUT2D eigenvalue weighted by atomic mass is 10.2. The Kier molecular flexibility index (Phi) is 6.10. The first-order chi connectivity index (χ1) is 7.30. The van der Waals surface area contributed by atoms with Crippen LogP contribution in [0.1, 0.15) is 13.3 Å². The second-order valence-electron chi connectivity index (χ2n) is 3.39. The number of nitrogens with zero attached hydrogens (tertiary/aromatic N) is 1. The number of carbonyl (C=O) groups excluding carboxylic acids is 1. The van der Waals surface area contributed by atoms with Crippen LogP contribution in [0, 0.1) is 0 Å². The van der Waals surface area contributed by atoms with Gasteiger partial charge in [0, 0.05) is 12.1 Å². The summed E-state index contributed by atoms with van der Waals surface area (Å²) < 4.78 is 40.4. The van der Waals surface area contributed by atoms with Gasteiger partial charge >= 0.3 is 12.1 Å². The molecule has 0 aliphatic heterocycles. The van der Waals surface area contributed by atoms with Gasteiger partial charge in [-0.3, -0.25) is 4.90 Å². The minimum absolute atomic E-state index is 0.0672. The molecule has 0 spiro atoms. The Morgan fingerprint density at radius 2 is 2.00 bits per heavy atom. The summed E-state index contributed by atoms with van der Waals surface area (Å²) >= 11 is 0. The first-order valence-electron chi connectivity index (χ1n) is 4.82. The molecule has 0 aromatic carbocycles. The molecule has 0 rings (SSSR count). The highest BCUT2D eigenvalue weighted by molar-refractivity contribution is 5.88. The molecule has 0 bridgehead atoms. The molecule has 0 aliphatic carbocycles. The zero-order chi connectivity index (χ0) is 12.8. The number of carbonyl (C=O) groups is 1. The van der Waals surface area contributed by atoms with E-state index in [1.807, 2.05) is 0 Å². The van der Waals surface area contributed by atoms with Crippen LogP contribution in [-0.4, -0.2) is 44.3 Å². The first kappa shape index (κ1) is 15.0. The molecular formula is C10H16F3NO2. The number of rotatable bonds is 5. The molecule has 0 unspecified atom stereocenters. The maximum atomic E-state index is 12.0. The Labute approximate surface area is 92.9 Å². The molecule has 6 heteroatoms. The zero-order valence-corrected chi connectivity index (χ0v) is 9.60. The molecule has 0 aliphatic rings. The smallest absolute Gasteiger partial charge is 0.401 e. The number of esters is 1. The van der Waals surface area contributed by atoms with Crippen molar-refractivity contribution in [1.82, 2.24) is 4.90 Å². The van der Waals surface area contributed by atoms with Crippen molar-refractivity contribution in [2.45, 2.75) is 19.5 Å². The second kappa shape index (κ2) is 6.52. The van der Waals surface area contributed by atoms with Crippen LogP contribution >= 0.6 is 0 Å². The fourth-order valence-corrected chi connectivity index (χ4v) is 1.14. The summed E-state index contributed by atoms with van der Waals surface area (Å²) in [5, 5.41) is 0. The van der Waals surface area contributed by atoms with Crippen molar-refractivity contribution >= 4 is 5.97 Å². The van der Waals surface area contributed by atoms with Gasteiger partial charge in [-0.2, -0.15) is 13.2 Å². The minimum atomic E-state index is -4.22. The summed E-state index contributed by atoms with van der Waals surface area (Å²) in [6.45, 7) is 0.811. The number of methoxy groups -OCH3 is 1. The molecule has 0 saturated carbocycles. The van der Waals surface area contributed by atoms with Gasteiger partial charge < -0.3 is 4.74 Å². The Morgan fingerprint density at radius 1 is 1.44 bits per heavy atom. The quantitative estimate of drug-likeness (QED) is 0.543. The summed E-state index contributed by atoms with van der Waals surface area (Å²) in [5.41, 5.74) is 0.386. The number of alkyl halides is 3. The topological polar surface area (TPSA) is 29.5 Å². The van der Waals surface area contributed by atoms with Crippen LogP contribution in [0.2, 0.25) is 0 Å². The molecule has 0 N–H and O–H groups in total. The van der Waals surface area contributed by atoms with Crippen LogP contribution in [0.3, 0.4) is 0 Å². The molecule has 0 amide bonds. The van der Waals surface area contributed by atoms with E-state index in [9.17, 15) is 18.0 Å². The van der Waals surface area contributed by atoms with Crippen molar-refractivity contribution in [3.05, 3.63) is 11.6 Å². The molecule has 0 aromatic heterocycles. The number of halogens is 3. The van der Waals surface area contributed by atoms with Gasteiger partial charge in [-0.15, -0.1) is 0 Å². The Bertz CT molecular complexity index is 261. The molecule has 0 saturated heterocycles. The summed E-state index contributed by atoms with van der Waals surface area (Å²) in [6, 6.07) is 0. The molecule has 0 aromatic rings. The van der Waals surface area contributed by atoms with Crippen LogP contribution in [-0.2, 0) is 9.53 Å². The highest BCUT2D eigenvalue weighted by Crippen LogP contribution is 2.15. The van der Waals surface area contributed by atoms with E-state index >= 15 is 0 Å². The zero-order valence-electron chi connectivity index (χ0n) is 9.60. The summed E-state index contributed by atoms with van der Waals surface area (Å²) in [4.78, 5) is 12.2. The number of hydrogen-bond donors (Lipinski definition) is 0. The van der Waals surface area contributed by atoms with E-state index in [-0.39, 0.29) is 6.54 Å². The van der Waals surface area contributed by atoms with Crippen molar-refractivity contribution in [3.63, 3.8) is 0 Å². The molecule has 0 atom stereocenters. The molecular weight excluding hydrogens is 223 g/mol. The first-order valence-corrected chi connectivity index (χ1v) is 4.82. The maximum Gasteiger partial charge on any atom is 0.401 e. The van der Waals surface area contributed by atoms with Crippen LogP contribution in [0.25, 0.3) is 0 Å². The predicted molar refractivity (Wildman–Crippen MR) is 53.9 cm³/mol. The monoisotopic (exact) mass is 239 g/mol. The Morgan fingerprint density at radius 3 is 2.38 bits per heavy atom. The van der Waals surface area contributed by atoms with Crippen LogP contribution in [0.15, 0.2) is 11.6 Å². The van der Waals surface area contributed by atoms with Gasteiger partial charge in [0.25, 0.3) is 0 Å². The van der Waals surface area contributed by atoms with Gasteiger partial charge in [0.05, 0.1) is 13.7 Å². The lowest BCUT2D eigenvalue weighted by molar-refractivity contribution is -0.141. The van der Waals surface area contributed by atoms with Crippen LogP contribution in [0.4, 0.5) is 13.2 Å². The Balaban J connectivity index is 4.28. The Hall–Kier alpha value is -1.04. The third-order valence-corrected chi connectivity index (χ3v) is 1.93. The molecule has 0 heterocycles. The van der Waals surface area contributed by atoms with E-state index in [2.05, 4.69) is 4.74 Å². The fourth-order valence-electron chi connectivity index (χ4n) is 1.14. The van der Waals surface area contributed by atoms with Crippen molar-refractivity contribution in [2.24, 2.45) is 0 Å². The van der Waals surface area contributed by atoms with Crippen molar-refractivity contribution < 1.29 is 22.7 Å². The van der Waals surface area contributed by atoms with Gasteiger partial charge in [0.2, 0.25) is 0 Å². The predicted octanol–water partition coefficient (Wildman–Crippen LogP) is 1.99. The maximum absolute atomic E-state index is 12.0. The average Bonchev–Trinajstić information content (AvgIpc) is 2.15. The van der Waals surface area contributed by atoms with E-state index in [1.54, 1.807) is 6.92 Å². The number of hydrogen-bond acceptors (Lipinski definition) is 3. The van der Waals surface area contributed by atoms with E-state index in [0.717, 1.165) is 4.90 Å². The molecule has 94 valence electrons. The summed E-state index contributed by atoms with van der Waals surface area (Å²) in [7, 11) is 2.58. The third-order valence-electron chi connectivity index (χ3n) is 1.93. The van der Waals surface area contributed by atoms with Crippen molar-refractivity contribution in [1.29, 1.82) is 0 Å². The van der Waals surface area contributed by atoms with Crippen LogP contribution in [0.5, 0.6) is 0 Å². The van der Waals surface area contributed by atoms with Gasteiger partial charge in [0.15, 0.2) is 0 Å². The largest absolute Gasteiger partial charge is 0.466 e. The molecule has 3 nitrogen and oxygen atoms in total. The van der Waals surface area contributed by atoms with Gasteiger partial charge in [0.1, 0.15) is 0 Å². The lowest BCUT2D eigenvalue weighted by Crippen LogP contribution is -2.31. The number of likely N-dealkylation sites (N-methyl/N-ethyl adjacent to an activating group) is 1. The van der Waals surface area contributed by atoms with E-state index in [0.29, 0.717) is 12.0 Å². The molecule has 0 fully saturated rings. The van der Waals surface area contributed by atoms with Crippen LogP contribution < -0.4 is 0 Å². The SMILES string of the molecule is CCC(=CCN(C)CC(F)(F)F)C(=O)OC. The van der Waals surface area contributed by atoms with Gasteiger partial charge in [-0.25, -0.2) is 4.79 Å². The van der Waals surface area contributed by atoms with E-state index in [1.165, 1.54) is 20.2 Å². The molecule has 16 heavy (non-hydrogen) atoms. The standard InChI is InChI=1S/C10H16F3NO2/c1-4-8(9(15)16-3)5-6-14(2)7-10(11,12)13/h5H,4,6-7H2,1-3H3. The minimum Gasteiger partial charge on any atom is -0.466 e. The molecule has 0 radical (unpaired) electrons. The van der Waals surface area contributed by atoms with E-state index < -0.39 is 18.7 Å². The third kappa shape index (κ3) is 6.44. The average molecular weight is 239 g/mol. The van der Waals surface area contributed by atoms with Gasteiger partial charge in [-0.05, 0) is 13.5 Å². The van der Waals surface area contributed by atoms with Crippen molar-refractivity contribution in [2.75, 3.05) is 27.2 Å². The normalized spacial score (nSPS) is 13.1.